The number of carbonyl (C=O) groups excluding carboxylic acids is 1. The zero-order chi connectivity index (χ0) is 15.9. The van der Waals surface area contributed by atoms with Crippen LogP contribution in [0.25, 0.3) is 0 Å². The van der Waals surface area contributed by atoms with E-state index >= 15 is 0 Å². The fourth-order valence-corrected chi connectivity index (χ4v) is 3.57. The zero-order valence-corrected chi connectivity index (χ0v) is 13.2. The molecule has 0 unspecified atom stereocenters. The predicted octanol–water partition coefficient (Wildman–Crippen LogP) is 2.51. The van der Waals surface area contributed by atoms with E-state index < -0.39 is 11.5 Å². The highest BCUT2D eigenvalue weighted by Crippen LogP contribution is 2.31. The second-order valence-electron chi connectivity index (χ2n) is 5.90. The average Bonchev–Trinajstić information content (AvgIpc) is 3.12. The van der Waals surface area contributed by atoms with Crippen LogP contribution in [-0.2, 0) is 23.2 Å². The van der Waals surface area contributed by atoms with Crippen LogP contribution in [0.1, 0.15) is 40.4 Å². The largest absolute Gasteiger partial charge is 0.479 e. The van der Waals surface area contributed by atoms with Crippen molar-refractivity contribution in [3.8, 4) is 0 Å². The summed E-state index contributed by atoms with van der Waals surface area (Å²) in [4.78, 5) is 25.5. The van der Waals surface area contributed by atoms with Crippen LogP contribution < -0.4 is 5.32 Å². The van der Waals surface area contributed by atoms with Gasteiger partial charge in [0.05, 0.1) is 16.8 Å². The Balaban J connectivity index is 1.74. The number of amides is 1. The highest BCUT2D eigenvalue weighted by atomic mass is 32.1. The molecule has 2 aromatic rings. The zero-order valence-electron chi connectivity index (χ0n) is 12.4. The molecule has 6 nitrogen and oxygen atoms in total. The molecule has 7 heteroatoms. The van der Waals surface area contributed by atoms with Crippen molar-refractivity contribution in [2.75, 3.05) is 5.32 Å². The summed E-state index contributed by atoms with van der Waals surface area (Å²) in [5.41, 5.74) is 0.610. The third-order valence-corrected chi connectivity index (χ3v) is 5.14. The van der Waals surface area contributed by atoms with Gasteiger partial charge in [-0.1, -0.05) is 0 Å². The molecule has 0 saturated heterocycles. The SMILES string of the molecule is CC(C)(C(=O)O)n1cc(NC(=O)c2cc3c(s2)CCC3)cn1. The van der Waals surface area contributed by atoms with Crippen molar-refractivity contribution in [2.45, 2.75) is 38.6 Å². The van der Waals surface area contributed by atoms with Gasteiger partial charge in [0.2, 0.25) is 0 Å². The summed E-state index contributed by atoms with van der Waals surface area (Å²) in [6, 6.07) is 1.95. The van der Waals surface area contributed by atoms with Gasteiger partial charge >= 0.3 is 5.97 Å². The standard InChI is InChI=1S/C15H17N3O3S/c1-15(2,14(20)21)18-8-10(7-16-18)17-13(19)12-6-9-4-3-5-11(9)22-12/h6-8H,3-5H2,1-2H3,(H,17,19)(H,20,21). The number of hydrogen-bond acceptors (Lipinski definition) is 4. The van der Waals surface area contributed by atoms with E-state index in [1.807, 2.05) is 6.07 Å². The lowest BCUT2D eigenvalue weighted by atomic mass is 10.1. The number of carboxylic acids is 1. The molecule has 1 aliphatic rings. The van der Waals surface area contributed by atoms with Crippen molar-refractivity contribution in [1.82, 2.24) is 9.78 Å². The molecule has 22 heavy (non-hydrogen) atoms. The van der Waals surface area contributed by atoms with Gasteiger partial charge in [-0.3, -0.25) is 9.48 Å². The van der Waals surface area contributed by atoms with Crippen LogP contribution in [0.4, 0.5) is 5.69 Å². The molecule has 1 amide bonds. The van der Waals surface area contributed by atoms with Crippen LogP contribution in [0.5, 0.6) is 0 Å². The molecule has 116 valence electrons. The number of nitrogens with zero attached hydrogens (tertiary/aromatic N) is 2. The number of aromatic nitrogens is 2. The Kier molecular flexibility index (Phi) is 3.52. The lowest BCUT2D eigenvalue weighted by Gasteiger charge is -2.19. The first-order chi connectivity index (χ1) is 10.4. The van der Waals surface area contributed by atoms with E-state index in [1.165, 1.54) is 45.3 Å². The van der Waals surface area contributed by atoms with Crippen LogP contribution >= 0.6 is 11.3 Å². The Bertz CT molecular complexity index is 724. The quantitative estimate of drug-likeness (QED) is 0.907. The summed E-state index contributed by atoms with van der Waals surface area (Å²) in [6.45, 7) is 3.11. The van der Waals surface area contributed by atoms with Gasteiger partial charge in [0.15, 0.2) is 5.54 Å². The highest BCUT2D eigenvalue weighted by molar-refractivity contribution is 7.14. The summed E-state index contributed by atoms with van der Waals surface area (Å²) in [5, 5.41) is 16.0. The lowest BCUT2D eigenvalue weighted by Crippen LogP contribution is -2.35. The van der Waals surface area contributed by atoms with E-state index in [2.05, 4.69) is 10.4 Å². The van der Waals surface area contributed by atoms with Crippen LogP contribution in [0.2, 0.25) is 0 Å². The highest BCUT2D eigenvalue weighted by Gasteiger charge is 2.30. The number of hydrogen-bond donors (Lipinski definition) is 2. The van der Waals surface area contributed by atoms with Gasteiger partial charge in [0.1, 0.15) is 0 Å². The average molecular weight is 319 g/mol. The fourth-order valence-electron chi connectivity index (χ4n) is 2.42. The molecule has 0 radical (unpaired) electrons. The van der Waals surface area contributed by atoms with E-state index in [1.54, 1.807) is 13.8 Å². The van der Waals surface area contributed by atoms with E-state index in [0.717, 1.165) is 12.8 Å². The van der Waals surface area contributed by atoms with E-state index in [4.69, 9.17) is 0 Å². The number of rotatable bonds is 4. The second-order valence-corrected chi connectivity index (χ2v) is 7.04. The maximum absolute atomic E-state index is 12.3. The summed E-state index contributed by atoms with van der Waals surface area (Å²) in [6.07, 6.45) is 6.26. The minimum absolute atomic E-state index is 0.174. The smallest absolute Gasteiger partial charge is 0.331 e. The molecule has 0 fully saturated rings. The number of anilines is 1. The Labute approximate surface area is 131 Å². The summed E-state index contributed by atoms with van der Waals surface area (Å²) >= 11 is 1.53. The van der Waals surface area contributed by atoms with Gasteiger partial charge in [-0.2, -0.15) is 5.10 Å². The first-order valence-electron chi connectivity index (χ1n) is 7.09. The molecule has 2 N–H and O–H groups in total. The number of thiophene rings is 1. The monoisotopic (exact) mass is 319 g/mol. The Morgan fingerprint density at radius 1 is 1.41 bits per heavy atom. The molecule has 0 aromatic carbocycles. The third-order valence-electron chi connectivity index (χ3n) is 3.91. The van der Waals surface area contributed by atoms with Crippen LogP contribution in [0, 0.1) is 0 Å². The first-order valence-corrected chi connectivity index (χ1v) is 7.91. The molecule has 2 aromatic heterocycles. The van der Waals surface area contributed by atoms with Gasteiger partial charge in [0.25, 0.3) is 5.91 Å². The van der Waals surface area contributed by atoms with Gasteiger partial charge in [0, 0.05) is 11.1 Å². The van der Waals surface area contributed by atoms with Crippen molar-refractivity contribution in [1.29, 1.82) is 0 Å². The molecule has 2 heterocycles. The van der Waals surface area contributed by atoms with Crippen molar-refractivity contribution in [3.05, 3.63) is 33.8 Å². The van der Waals surface area contributed by atoms with Crippen LogP contribution in [0.3, 0.4) is 0 Å². The van der Waals surface area contributed by atoms with E-state index in [-0.39, 0.29) is 5.91 Å². The molecular formula is C15H17N3O3S. The number of carboxylic acid groups (broad SMARTS) is 1. The molecule has 0 saturated carbocycles. The van der Waals surface area contributed by atoms with Gasteiger partial charge < -0.3 is 10.4 Å². The summed E-state index contributed by atoms with van der Waals surface area (Å²) < 4.78 is 1.33. The van der Waals surface area contributed by atoms with Crippen LogP contribution in [0.15, 0.2) is 18.5 Å². The Hall–Kier alpha value is -2.15. The van der Waals surface area contributed by atoms with Gasteiger partial charge in [-0.25, -0.2) is 4.79 Å². The topological polar surface area (TPSA) is 84.2 Å². The van der Waals surface area contributed by atoms with Crippen molar-refractivity contribution >= 4 is 28.9 Å². The van der Waals surface area contributed by atoms with Gasteiger partial charge in [-0.05, 0) is 44.7 Å². The number of aliphatic carboxylic acids is 1. The maximum Gasteiger partial charge on any atom is 0.331 e. The second kappa shape index (κ2) is 5.24. The molecule has 3 rings (SSSR count). The number of aryl methyl sites for hydroxylation is 2. The normalized spacial score (nSPS) is 13.9. The molecular weight excluding hydrogens is 302 g/mol. The number of fused-ring (bicyclic) bond motifs is 1. The third kappa shape index (κ3) is 2.52. The van der Waals surface area contributed by atoms with Crippen molar-refractivity contribution in [2.24, 2.45) is 0 Å². The Morgan fingerprint density at radius 3 is 2.86 bits per heavy atom. The maximum atomic E-state index is 12.3. The lowest BCUT2D eigenvalue weighted by molar-refractivity contribution is -0.146. The molecule has 0 aliphatic heterocycles. The van der Waals surface area contributed by atoms with Crippen LogP contribution in [-0.4, -0.2) is 26.8 Å². The van der Waals surface area contributed by atoms with E-state index in [0.29, 0.717) is 10.6 Å². The number of nitrogens with one attached hydrogen (secondary N) is 1. The predicted molar refractivity (Wildman–Crippen MR) is 83.5 cm³/mol. The Morgan fingerprint density at radius 2 is 2.18 bits per heavy atom. The minimum atomic E-state index is -1.16. The van der Waals surface area contributed by atoms with Crippen molar-refractivity contribution < 1.29 is 14.7 Å². The van der Waals surface area contributed by atoms with E-state index in [9.17, 15) is 14.7 Å². The molecule has 0 spiro atoms. The molecule has 0 bridgehead atoms. The summed E-state index contributed by atoms with van der Waals surface area (Å²) in [5.74, 6) is -1.16. The molecule has 0 atom stereocenters. The van der Waals surface area contributed by atoms with Gasteiger partial charge in [-0.15, -0.1) is 11.3 Å². The number of carbonyl (C=O) groups is 2. The summed E-state index contributed by atoms with van der Waals surface area (Å²) in [7, 11) is 0. The minimum Gasteiger partial charge on any atom is -0.479 e. The first kappa shape index (κ1) is 14.8. The molecule has 1 aliphatic carbocycles. The van der Waals surface area contributed by atoms with Crippen molar-refractivity contribution in [3.63, 3.8) is 0 Å². The fraction of sp³-hybridized carbons (Fsp3) is 0.400.